The molecule has 42 heavy (non-hydrogen) atoms. The minimum Gasteiger partial charge on any atom is -0.493 e. The fourth-order valence-electron chi connectivity index (χ4n) is 4.99. The quantitative estimate of drug-likeness (QED) is 0.225. The van der Waals surface area contributed by atoms with Gasteiger partial charge in [0.15, 0.2) is 16.3 Å². The molecule has 0 aliphatic carbocycles. The summed E-state index contributed by atoms with van der Waals surface area (Å²) in [6, 6.07) is 20.5. The molecule has 0 unspecified atom stereocenters. The van der Waals surface area contributed by atoms with Crippen LogP contribution < -0.4 is 24.4 Å². The van der Waals surface area contributed by atoms with Crippen molar-refractivity contribution >= 4 is 45.0 Å². The average Bonchev–Trinajstić information content (AvgIpc) is 3.30. The van der Waals surface area contributed by atoms with Crippen LogP contribution in [0.2, 0.25) is 0 Å². The van der Waals surface area contributed by atoms with Crippen LogP contribution in [-0.2, 0) is 9.53 Å². The van der Waals surface area contributed by atoms with Gasteiger partial charge in [-0.05, 0) is 63.7 Å². The van der Waals surface area contributed by atoms with Gasteiger partial charge in [0.1, 0.15) is 0 Å². The largest absolute Gasteiger partial charge is 0.493 e. The lowest BCUT2D eigenvalue weighted by molar-refractivity contribution is -0.138. The molecule has 2 heterocycles. The van der Waals surface area contributed by atoms with Gasteiger partial charge in [0.05, 0.1) is 47.1 Å². The van der Waals surface area contributed by atoms with E-state index in [0.717, 1.165) is 22.3 Å². The molecule has 7 nitrogen and oxygen atoms in total. The van der Waals surface area contributed by atoms with E-state index in [0.29, 0.717) is 42.5 Å². The Morgan fingerprint density at radius 2 is 1.79 bits per heavy atom. The third-order valence-electron chi connectivity index (χ3n) is 7.05. The van der Waals surface area contributed by atoms with Gasteiger partial charge < -0.3 is 14.2 Å². The first-order valence-corrected chi connectivity index (χ1v) is 15.2. The first-order valence-electron chi connectivity index (χ1n) is 13.6. The fourth-order valence-corrected chi connectivity index (χ4v) is 6.61. The molecule has 4 aromatic rings. The molecule has 0 bridgehead atoms. The standard InChI is InChI=1S/C33H31BrN2O5S/c1-6-41-32(38)27-28(22-10-8-7-9-11-22)35-33-36(29(27)23-14-12-21(13-15-23)19(2)3)31(37)26(42-33)18-20-16-24(34)30(40-5)25(17-20)39-4/h7-19,29H,6H2,1-5H3/b26-18-/t29-/m0/s1. The van der Waals surface area contributed by atoms with Crippen molar-refractivity contribution in [2.24, 2.45) is 4.99 Å². The van der Waals surface area contributed by atoms with Crippen LogP contribution in [0.3, 0.4) is 0 Å². The summed E-state index contributed by atoms with van der Waals surface area (Å²) in [5.74, 6) is 0.926. The van der Waals surface area contributed by atoms with Crippen molar-refractivity contribution in [3.63, 3.8) is 0 Å². The Hall–Kier alpha value is -3.95. The molecule has 0 amide bonds. The summed E-state index contributed by atoms with van der Waals surface area (Å²) in [6.45, 7) is 6.22. The monoisotopic (exact) mass is 646 g/mol. The number of hydrogen-bond donors (Lipinski definition) is 0. The molecule has 1 aliphatic heterocycles. The summed E-state index contributed by atoms with van der Waals surface area (Å²) in [6.07, 6.45) is 1.80. The summed E-state index contributed by atoms with van der Waals surface area (Å²) in [5.41, 5.74) is 4.04. The smallest absolute Gasteiger partial charge is 0.338 e. The lowest BCUT2D eigenvalue weighted by atomic mass is 9.91. The maximum Gasteiger partial charge on any atom is 0.338 e. The molecular formula is C33H31BrN2O5S. The summed E-state index contributed by atoms with van der Waals surface area (Å²) >= 11 is 4.81. The third-order valence-corrected chi connectivity index (χ3v) is 8.62. The Labute approximate surface area is 256 Å². The molecule has 216 valence electrons. The number of carbonyl (C=O) groups is 1. The Kier molecular flexibility index (Phi) is 8.80. The van der Waals surface area contributed by atoms with E-state index in [2.05, 4.69) is 29.8 Å². The van der Waals surface area contributed by atoms with Crippen LogP contribution >= 0.6 is 27.3 Å². The summed E-state index contributed by atoms with van der Waals surface area (Å²) in [5, 5.41) is 0. The van der Waals surface area contributed by atoms with E-state index < -0.39 is 12.0 Å². The Balaban J connectivity index is 1.80. The van der Waals surface area contributed by atoms with Crippen LogP contribution in [0.5, 0.6) is 11.5 Å². The first-order chi connectivity index (χ1) is 20.3. The van der Waals surface area contributed by atoms with Crippen molar-refractivity contribution in [1.29, 1.82) is 0 Å². The second-order valence-electron chi connectivity index (χ2n) is 9.99. The van der Waals surface area contributed by atoms with Crippen molar-refractivity contribution in [3.05, 3.63) is 119 Å². The summed E-state index contributed by atoms with van der Waals surface area (Å²) in [4.78, 5) is 33.2. The molecule has 0 spiro atoms. The number of benzene rings is 3. The molecule has 1 aliphatic rings. The number of fused-ring (bicyclic) bond motifs is 1. The van der Waals surface area contributed by atoms with Crippen molar-refractivity contribution in [2.45, 2.75) is 32.7 Å². The highest BCUT2D eigenvalue weighted by molar-refractivity contribution is 9.10. The number of aromatic nitrogens is 1. The van der Waals surface area contributed by atoms with Crippen LogP contribution in [-0.4, -0.2) is 31.4 Å². The predicted molar refractivity (Wildman–Crippen MR) is 169 cm³/mol. The van der Waals surface area contributed by atoms with E-state index in [1.165, 1.54) is 11.3 Å². The van der Waals surface area contributed by atoms with Gasteiger partial charge in [-0.2, -0.15) is 0 Å². The van der Waals surface area contributed by atoms with Gasteiger partial charge in [-0.3, -0.25) is 9.36 Å². The number of hydrogen-bond acceptors (Lipinski definition) is 7. The molecule has 0 saturated heterocycles. The molecule has 9 heteroatoms. The maximum atomic E-state index is 14.1. The predicted octanol–water partition coefficient (Wildman–Crippen LogP) is 5.84. The highest BCUT2D eigenvalue weighted by atomic mass is 79.9. The zero-order chi connectivity index (χ0) is 30.0. The van der Waals surface area contributed by atoms with Gasteiger partial charge in [0.25, 0.3) is 5.56 Å². The van der Waals surface area contributed by atoms with Gasteiger partial charge in [-0.25, -0.2) is 9.79 Å². The van der Waals surface area contributed by atoms with Crippen molar-refractivity contribution < 1.29 is 19.0 Å². The number of esters is 1. The number of rotatable bonds is 8. The van der Waals surface area contributed by atoms with Gasteiger partial charge in [0.2, 0.25) is 0 Å². The highest BCUT2D eigenvalue weighted by Crippen LogP contribution is 2.37. The molecule has 5 rings (SSSR count). The second-order valence-corrected chi connectivity index (χ2v) is 11.9. The number of ether oxygens (including phenoxy) is 3. The summed E-state index contributed by atoms with van der Waals surface area (Å²) < 4.78 is 19.3. The number of carbonyl (C=O) groups excluding carboxylic acids is 1. The molecule has 3 aromatic carbocycles. The van der Waals surface area contributed by atoms with Gasteiger partial charge in [-0.1, -0.05) is 79.8 Å². The van der Waals surface area contributed by atoms with E-state index >= 15 is 0 Å². The SMILES string of the molecule is CCOC(=O)C1=C(c2ccccc2)N=c2s/c(=C\c3cc(Br)c(OC)c(OC)c3)c(=O)n2[C@H]1c1ccc(C(C)C)cc1. The van der Waals surface area contributed by atoms with E-state index in [1.54, 1.807) is 31.8 Å². The number of methoxy groups -OCH3 is 2. The molecule has 0 radical (unpaired) electrons. The Bertz CT molecular complexity index is 1840. The number of nitrogens with zero attached hydrogens (tertiary/aromatic N) is 2. The van der Waals surface area contributed by atoms with Crippen LogP contribution in [0.1, 0.15) is 55.0 Å². The van der Waals surface area contributed by atoms with Crippen LogP contribution in [0, 0.1) is 0 Å². The number of thiazole rings is 1. The lowest BCUT2D eigenvalue weighted by Crippen LogP contribution is -2.40. The maximum absolute atomic E-state index is 14.1. The Morgan fingerprint density at radius 3 is 2.40 bits per heavy atom. The van der Waals surface area contributed by atoms with E-state index in [-0.39, 0.29) is 12.2 Å². The normalized spacial score (nSPS) is 14.9. The van der Waals surface area contributed by atoms with Crippen molar-refractivity contribution in [3.8, 4) is 11.5 Å². The lowest BCUT2D eigenvalue weighted by Gasteiger charge is -2.26. The van der Waals surface area contributed by atoms with Gasteiger partial charge in [0, 0.05) is 5.56 Å². The molecule has 1 atom stereocenters. The Morgan fingerprint density at radius 1 is 1.07 bits per heavy atom. The number of halogens is 1. The molecule has 0 N–H and O–H groups in total. The van der Waals surface area contributed by atoms with Gasteiger partial charge in [-0.15, -0.1) is 0 Å². The zero-order valence-corrected chi connectivity index (χ0v) is 26.4. The second kappa shape index (κ2) is 12.5. The van der Waals surface area contributed by atoms with Crippen molar-refractivity contribution in [1.82, 2.24) is 4.57 Å². The zero-order valence-electron chi connectivity index (χ0n) is 24.0. The molecule has 0 saturated carbocycles. The van der Waals surface area contributed by atoms with E-state index in [9.17, 15) is 9.59 Å². The minimum atomic E-state index is -0.726. The first kappa shape index (κ1) is 29.5. The minimum absolute atomic E-state index is 0.196. The van der Waals surface area contributed by atoms with Crippen LogP contribution in [0.25, 0.3) is 11.8 Å². The fraction of sp³-hybridized carbons (Fsp3) is 0.242. The van der Waals surface area contributed by atoms with Crippen molar-refractivity contribution in [2.75, 3.05) is 20.8 Å². The van der Waals surface area contributed by atoms with Crippen LogP contribution in [0.15, 0.2) is 86.6 Å². The van der Waals surface area contributed by atoms with E-state index in [4.69, 9.17) is 19.2 Å². The molecule has 0 fully saturated rings. The highest BCUT2D eigenvalue weighted by Gasteiger charge is 2.35. The molecular weight excluding hydrogens is 616 g/mol. The van der Waals surface area contributed by atoms with Gasteiger partial charge >= 0.3 is 5.97 Å². The average molecular weight is 648 g/mol. The van der Waals surface area contributed by atoms with E-state index in [1.807, 2.05) is 66.7 Å². The molecule has 1 aromatic heterocycles. The third kappa shape index (κ3) is 5.58. The van der Waals surface area contributed by atoms with Crippen LogP contribution in [0.4, 0.5) is 0 Å². The topological polar surface area (TPSA) is 79.1 Å². The summed E-state index contributed by atoms with van der Waals surface area (Å²) in [7, 11) is 3.13.